The van der Waals surface area contributed by atoms with E-state index in [9.17, 15) is 4.79 Å². The number of hydrazine groups is 1. The topological polar surface area (TPSA) is 80.5 Å². The Kier molecular flexibility index (Phi) is 3.70. The SMILES string of the molecule is NNc1ccc(CN2C(=O)CCOc3ccccc32)cn1. The number of rotatable bonds is 3. The van der Waals surface area contributed by atoms with Crippen molar-refractivity contribution in [2.45, 2.75) is 13.0 Å². The van der Waals surface area contributed by atoms with E-state index in [0.29, 0.717) is 25.4 Å². The number of nitrogens with zero attached hydrogens (tertiary/aromatic N) is 2. The van der Waals surface area contributed by atoms with E-state index in [4.69, 9.17) is 10.6 Å². The molecule has 1 aliphatic heterocycles. The molecule has 1 aromatic heterocycles. The number of hydrogen-bond acceptors (Lipinski definition) is 5. The Morgan fingerprint density at radius 3 is 2.90 bits per heavy atom. The third kappa shape index (κ3) is 2.80. The number of carbonyl (C=O) groups is 1. The highest BCUT2D eigenvalue weighted by molar-refractivity contribution is 5.95. The number of aromatic nitrogens is 1. The number of amides is 1. The quantitative estimate of drug-likeness (QED) is 0.662. The van der Waals surface area contributed by atoms with Crippen LogP contribution in [0.3, 0.4) is 0 Å². The molecule has 0 fully saturated rings. The van der Waals surface area contributed by atoms with Gasteiger partial charge in [0.25, 0.3) is 0 Å². The van der Waals surface area contributed by atoms with Gasteiger partial charge in [0.15, 0.2) is 0 Å². The Hall–Kier alpha value is -2.60. The van der Waals surface area contributed by atoms with Crippen LogP contribution < -0.4 is 20.9 Å². The lowest BCUT2D eigenvalue weighted by atomic mass is 10.2. The summed E-state index contributed by atoms with van der Waals surface area (Å²) in [5.74, 6) is 6.66. The monoisotopic (exact) mass is 284 g/mol. The number of nitrogen functional groups attached to an aromatic ring is 1. The van der Waals surface area contributed by atoms with E-state index in [2.05, 4.69) is 10.4 Å². The molecule has 0 bridgehead atoms. The molecule has 3 rings (SSSR count). The van der Waals surface area contributed by atoms with Gasteiger partial charge in [-0.25, -0.2) is 10.8 Å². The maximum Gasteiger partial charge on any atom is 0.230 e. The van der Waals surface area contributed by atoms with Crippen LogP contribution in [0.2, 0.25) is 0 Å². The van der Waals surface area contributed by atoms with Crippen molar-refractivity contribution in [3.8, 4) is 5.75 Å². The Morgan fingerprint density at radius 1 is 1.29 bits per heavy atom. The van der Waals surface area contributed by atoms with E-state index in [0.717, 1.165) is 17.0 Å². The van der Waals surface area contributed by atoms with Crippen LogP contribution in [0, 0.1) is 0 Å². The summed E-state index contributed by atoms with van der Waals surface area (Å²) in [5, 5.41) is 0. The van der Waals surface area contributed by atoms with Gasteiger partial charge in [0.2, 0.25) is 5.91 Å². The lowest BCUT2D eigenvalue weighted by Crippen LogP contribution is -2.29. The van der Waals surface area contributed by atoms with Crippen molar-refractivity contribution in [1.82, 2.24) is 4.98 Å². The number of para-hydroxylation sites is 2. The highest BCUT2D eigenvalue weighted by atomic mass is 16.5. The van der Waals surface area contributed by atoms with Crippen molar-refractivity contribution in [2.75, 3.05) is 16.9 Å². The molecule has 6 nitrogen and oxygen atoms in total. The molecule has 1 amide bonds. The first-order chi connectivity index (χ1) is 10.3. The zero-order chi connectivity index (χ0) is 14.7. The molecule has 0 saturated heterocycles. The molecule has 0 spiro atoms. The lowest BCUT2D eigenvalue weighted by molar-refractivity contribution is -0.118. The Labute approximate surface area is 122 Å². The summed E-state index contributed by atoms with van der Waals surface area (Å²) >= 11 is 0. The minimum absolute atomic E-state index is 0.0426. The molecule has 1 aromatic carbocycles. The van der Waals surface area contributed by atoms with Crippen molar-refractivity contribution < 1.29 is 9.53 Å². The van der Waals surface area contributed by atoms with Gasteiger partial charge in [0.1, 0.15) is 11.6 Å². The second-order valence-electron chi connectivity index (χ2n) is 4.74. The number of ether oxygens (including phenoxy) is 1. The van der Waals surface area contributed by atoms with Crippen molar-refractivity contribution in [3.63, 3.8) is 0 Å². The van der Waals surface area contributed by atoms with Crippen LogP contribution >= 0.6 is 0 Å². The average molecular weight is 284 g/mol. The first-order valence-electron chi connectivity index (χ1n) is 6.71. The molecule has 1 aliphatic rings. The maximum absolute atomic E-state index is 12.3. The van der Waals surface area contributed by atoms with E-state index in [1.54, 1.807) is 17.2 Å². The molecule has 2 heterocycles. The number of hydrogen-bond donors (Lipinski definition) is 2. The molecular formula is C15H16N4O2. The fourth-order valence-corrected chi connectivity index (χ4v) is 2.28. The minimum atomic E-state index is 0.0426. The number of nitrogens with one attached hydrogen (secondary N) is 1. The molecular weight excluding hydrogens is 268 g/mol. The largest absolute Gasteiger partial charge is 0.491 e. The van der Waals surface area contributed by atoms with E-state index in [1.807, 2.05) is 30.3 Å². The summed E-state index contributed by atoms with van der Waals surface area (Å²) in [6, 6.07) is 11.2. The van der Waals surface area contributed by atoms with Gasteiger partial charge in [0.05, 0.1) is 25.3 Å². The van der Waals surface area contributed by atoms with Crippen LogP contribution in [-0.4, -0.2) is 17.5 Å². The number of pyridine rings is 1. The summed E-state index contributed by atoms with van der Waals surface area (Å²) < 4.78 is 5.62. The van der Waals surface area contributed by atoms with Gasteiger partial charge in [-0.15, -0.1) is 0 Å². The van der Waals surface area contributed by atoms with Gasteiger partial charge < -0.3 is 15.1 Å². The van der Waals surface area contributed by atoms with Crippen LogP contribution in [0.25, 0.3) is 0 Å². The highest BCUT2D eigenvalue weighted by Gasteiger charge is 2.23. The third-order valence-corrected chi connectivity index (χ3v) is 3.34. The van der Waals surface area contributed by atoms with E-state index in [-0.39, 0.29) is 5.91 Å². The minimum Gasteiger partial charge on any atom is -0.491 e. The third-order valence-electron chi connectivity index (χ3n) is 3.34. The van der Waals surface area contributed by atoms with Gasteiger partial charge in [-0.05, 0) is 23.8 Å². The molecule has 21 heavy (non-hydrogen) atoms. The molecule has 0 aliphatic carbocycles. The molecule has 0 atom stereocenters. The van der Waals surface area contributed by atoms with Crippen molar-refractivity contribution in [2.24, 2.45) is 5.84 Å². The molecule has 3 N–H and O–H groups in total. The number of anilines is 2. The average Bonchev–Trinajstić information content (AvgIpc) is 2.68. The van der Waals surface area contributed by atoms with E-state index in [1.165, 1.54) is 0 Å². The normalized spacial score (nSPS) is 14.1. The Balaban J connectivity index is 1.90. The van der Waals surface area contributed by atoms with Crippen LogP contribution in [0.4, 0.5) is 11.5 Å². The number of carbonyl (C=O) groups excluding carboxylic acids is 1. The zero-order valence-electron chi connectivity index (χ0n) is 11.5. The maximum atomic E-state index is 12.3. The Morgan fingerprint density at radius 2 is 2.14 bits per heavy atom. The lowest BCUT2D eigenvalue weighted by Gasteiger charge is -2.21. The van der Waals surface area contributed by atoms with Gasteiger partial charge in [0, 0.05) is 6.20 Å². The number of benzene rings is 1. The van der Waals surface area contributed by atoms with E-state index < -0.39 is 0 Å². The molecule has 0 unspecified atom stereocenters. The smallest absolute Gasteiger partial charge is 0.230 e. The predicted octanol–water partition coefficient (Wildman–Crippen LogP) is 1.68. The van der Waals surface area contributed by atoms with Gasteiger partial charge in [-0.2, -0.15) is 0 Å². The summed E-state index contributed by atoms with van der Waals surface area (Å²) in [6.07, 6.45) is 2.07. The van der Waals surface area contributed by atoms with E-state index >= 15 is 0 Å². The van der Waals surface area contributed by atoms with Crippen molar-refractivity contribution in [1.29, 1.82) is 0 Å². The summed E-state index contributed by atoms with van der Waals surface area (Å²) in [4.78, 5) is 18.2. The fraction of sp³-hybridized carbons (Fsp3) is 0.200. The van der Waals surface area contributed by atoms with Crippen LogP contribution in [0.15, 0.2) is 42.6 Å². The van der Waals surface area contributed by atoms with Crippen LogP contribution in [0.1, 0.15) is 12.0 Å². The van der Waals surface area contributed by atoms with Crippen molar-refractivity contribution >= 4 is 17.4 Å². The first-order valence-corrected chi connectivity index (χ1v) is 6.71. The predicted molar refractivity (Wildman–Crippen MR) is 79.8 cm³/mol. The Bertz CT molecular complexity index is 642. The van der Waals surface area contributed by atoms with Crippen LogP contribution in [0.5, 0.6) is 5.75 Å². The number of fused-ring (bicyclic) bond motifs is 1. The molecule has 108 valence electrons. The summed E-state index contributed by atoms with van der Waals surface area (Å²) in [7, 11) is 0. The van der Waals surface area contributed by atoms with Crippen LogP contribution in [-0.2, 0) is 11.3 Å². The molecule has 2 aromatic rings. The highest BCUT2D eigenvalue weighted by Crippen LogP contribution is 2.32. The van der Waals surface area contributed by atoms with Gasteiger partial charge in [-0.1, -0.05) is 18.2 Å². The van der Waals surface area contributed by atoms with Crippen molar-refractivity contribution in [3.05, 3.63) is 48.2 Å². The fourth-order valence-electron chi connectivity index (χ4n) is 2.28. The molecule has 0 saturated carbocycles. The summed E-state index contributed by atoms with van der Waals surface area (Å²) in [5.41, 5.74) is 4.20. The molecule has 0 radical (unpaired) electrons. The second kappa shape index (κ2) is 5.80. The molecule has 6 heteroatoms. The van der Waals surface area contributed by atoms with Gasteiger partial charge in [-0.3, -0.25) is 4.79 Å². The standard InChI is InChI=1S/C15H16N4O2/c16-18-14-6-5-11(9-17-14)10-19-12-3-1-2-4-13(12)21-8-7-15(19)20/h1-6,9H,7-8,10,16H2,(H,17,18). The van der Waals surface area contributed by atoms with Gasteiger partial charge >= 0.3 is 0 Å². The summed E-state index contributed by atoms with van der Waals surface area (Å²) in [6.45, 7) is 0.859. The first kappa shape index (κ1) is 13.4. The second-order valence-corrected chi connectivity index (χ2v) is 4.74. The number of nitrogens with two attached hydrogens (primary N) is 1. The zero-order valence-corrected chi connectivity index (χ0v) is 11.5.